The Morgan fingerprint density at radius 1 is 0.979 bits per heavy atom. The van der Waals surface area contributed by atoms with Gasteiger partial charge in [-0.1, -0.05) is 20.8 Å². The molecular formula is C37H43N7O4. The topological polar surface area (TPSA) is 107 Å². The first-order valence-electron chi connectivity index (χ1n) is 16.4. The highest BCUT2D eigenvalue weighted by molar-refractivity contribution is 5.95. The van der Waals surface area contributed by atoms with E-state index in [2.05, 4.69) is 48.1 Å². The molecule has 3 aromatic carbocycles. The number of hydrogen-bond donors (Lipinski definition) is 1. The predicted molar refractivity (Wildman–Crippen MR) is 188 cm³/mol. The van der Waals surface area contributed by atoms with Crippen LogP contribution in [0.25, 0.3) is 21.9 Å². The molecule has 0 saturated carbocycles. The monoisotopic (exact) mass is 649 g/mol. The summed E-state index contributed by atoms with van der Waals surface area (Å²) >= 11 is 0. The maximum absolute atomic E-state index is 13.0. The molecule has 1 saturated heterocycles. The number of rotatable bonds is 4. The number of anilines is 3. The van der Waals surface area contributed by atoms with Crippen LogP contribution in [0.5, 0.6) is 17.2 Å². The normalized spacial score (nSPS) is 16.4. The molecule has 1 amide bonds. The van der Waals surface area contributed by atoms with Crippen molar-refractivity contribution in [3.8, 4) is 17.2 Å². The molecule has 1 fully saturated rings. The zero-order valence-corrected chi connectivity index (χ0v) is 28.9. The van der Waals surface area contributed by atoms with E-state index in [4.69, 9.17) is 24.2 Å². The van der Waals surface area contributed by atoms with E-state index in [9.17, 15) is 4.79 Å². The highest BCUT2D eigenvalue weighted by Gasteiger charge is 2.37. The molecule has 0 aliphatic carbocycles. The molecule has 0 radical (unpaired) electrons. The fraction of sp³-hybridized carbons (Fsp3) is 0.405. The van der Waals surface area contributed by atoms with Crippen LogP contribution in [-0.2, 0) is 17.2 Å². The Morgan fingerprint density at radius 2 is 1.79 bits per heavy atom. The number of nitrogens with one attached hydrogen (secondary N) is 1. The van der Waals surface area contributed by atoms with E-state index >= 15 is 0 Å². The number of imidazole rings is 1. The van der Waals surface area contributed by atoms with Gasteiger partial charge in [-0.15, -0.1) is 0 Å². The number of fused-ring (bicyclic) bond motifs is 6. The fourth-order valence-electron chi connectivity index (χ4n) is 6.19. The molecule has 2 bridgehead atoms. The third kappa shape index (κ3) is 6.16. The van der Waals surface area contributed by atoms with Crippen LogP contribution >= 0.6 is 0 Å². The van der Waals surface area contributed by atoms with Crippen LogP contribution in [0.1, 0.15) is 52.9 Å². The summed E-state index contributed by atoms with van der Waals surface area (Å²) < 4.78 is 20.3. The van der Waals surface area contributed by atoms with Gasteiger partial charge in [0.25, 0.3) is 0 Å². The van der Waals surface area contributed by atoms with E-state index in [1.807, 2.05) is 75.7 Å². The van der Waals surface area contributed by atoms with Crippen molar-refractivity contribution in [1.29, 1.82) is 0 Å². The Balaban J connectivity index is 1.19. The minimum Gasteiger partial charge on any atom is -0.489 e. The van der Waals surface area contributed by atoms with Crippen molar-refractivity contribution in [1.82, 2.24) is 24.4 Å². The van der Waals surface area contributed by atoms with Crippen LogP contribution in [0.2, 0.25) is 0 Å². The highest BCUT2D eigenvalue weighted by Crippen LogP contribution is 2.40. The number of hydrogen-bond acceptors (Lipinski definition) is 9. The number of aromatic nitrogens is 4. The second kappa shape index (κ2) is 11.6. The van der Waals surface area contributed by atoms with Gasteiger partial charge in [0, 0.05) is 55.3 Å². The van der Waals surface area contributed by atoms with E-state index in [1.54, 1.807) is 11.2 Å². The summed E-state index contributed by atoms with van der Waals surface area (Å²) in [6, 6.07) is 16.0. The van der Waals surface area contributed by atoms with Crippen molar-refractivity contribution in [3.63, 3.8) is 0 Å². The molecule has 48 heavy (non-hydrogen) atoms. The van der Waals surface area contributed by atoms with Gasteiger partial charge in [0.1, 0.15) is 41.1 Å². The number of carbonyl (C=O) groups excluding carboxylic acids is 1. The van der Waals surface area contributed by atoms with Gasteiger partial charge in [-0.05, 0) is 69.7 Å². The first kappa shape index (κ1) is 31.5. The maximum atomic E-state index is 13.0. The van der Waals surface area contributed by atoms with Crippen molar-refractivity contribution >= 4 is 45.2 Å². The lowest BCUT2D eigenvalue weighted by molar-refractivity contribution is 0.00975. The quantitative estimate of drug-likeness (QED) is 0.212. The fourth-order valence-corrected chi connectivity index (χ4v) is 6.19. The van der Waals surface area contributed by atoms with Gasteiger partial charge in [0.15, 0.2) is 0 Å². The number of aryl methyl sites for hydroxylation is 2. The van der Waals surface area contributed by atoms with E-state index in [1.165, 1.54) is 0 Å². The number of piperazine rings is 1. The predicted octanol–water partition coefficient (Wildman–Crippen LogP) is 7.48. The molecular weight excluding hydrogens is 606 g/mol. The average Bonchev–Trinajstić information content (AvgIpc) is 3.32. The van der Waals surface area contributed by atoms with Crippen molar-refractivity contribution in [2.75, 3.05) is 36.5 Å². The molecule has 0 spiro atoms. The molecule has 4 heterocycles. The third-order valence-corrected chi connectivity index (χ3v) is 8.69. The first-order chi connectivity index (χ1) is 22.7. The van der Waals surface area contributed by atoms with Gasteiger partial charge in [0.05, 0.1) is 34.6 Å². The second-order valence-electron chi connectivity index (χ2n) is 14.8. The Hall–Kier alpha value is -5.06. The number of nitrogens with zero attached hydrogens (tertiary/aromatic N) is 6. The van der Waals surface area contributed by atoms with E-state index in [0.717, 1.165) is 67.8 Å². The molecule has 11 heteroatoms. The lowest BCUT2D eigenvalue weighted by Crippen LogP contribution is -2.57. The van der Waals surface area contributed by atoms with Gasteiger partial charge < -0.3 is 29.0 Å². The summed E-state index contributed by atoms with van der Waals surface area (Å²) in [7, 11) is 1.98. The Morgan fingerprint density at radius 3 is 2.54 bits per heavy atom. The molecule has 2 aromatic heterocycles. The Labute approximate surface area is 280 Å². The van der Waals surface area contributed by atoms with Crippen LogP contribution in [-0.4, -0.2) is 68.4 Å². The molecule has 1 atom stereocenters. The summed E-state index contributed by atoms with van der Waals surface area (Å²) in [5.41, 5.74) is 4.72. The molecule has 11 nitrogen and oxygen atoms in total. The van der Waals surface area contributed by atoms with Gasteiger partial charge >= 0.3 is 6.09 Å². The standard InChI is InChI=1S/C37H43N7O4/c1-22-15-23(9-12-31(22)47-25-10-11-29-28(16-25)38-21-42(29)8)39-33-26-17-30-32(18-27(26)40-34(41-33)36(2,3)4)46-20-24-19-43(30)13-14-44(24)35(45)48-37(5,6)7/h9-12,15-18,21,24H,13-14,19-20H2,1-8H3,(H,39,40,41)/t24-/m0/s1. The van der Waals surface area contributed by atoms with Crippen molar-refractivity contribution in [2.45, 2.75) is 65.5 Å². The Kier molecular flexibility index (Phi) is 7.60. The number of amides is 1. The summed E-state index contributed by atoms with van der Waals surface area (Å²) in [4.78, 5) is 31.6. The zero-order valence-electron chi connectivity index (χ0n) is 28.9. The summed E-state index contributed by atoms with van der Waals surface area (Å²) in [5, 5.41) is 4.48. The average molecular weight is 650 g/mol. The Bertz CT molecular complexity index is 2040. The minimum atomic E-state index is -0.561. The smallest absolute Gasteiger partial charge is 0.410 e. The number of ether oxygens (including phenoxy) is 3. The van der Waals surface area contributed by atoms with Gasteiger partial charge in [-0.25, -0.2) is 19.7 Å². The van der Waals surface area contributed by atoms with E-state index < -0.39 is 5.60 Å². The summed E-state index contributed by atoms with van der Waals surface area (Å²) in [5.74, 6) is 3.69. The SMILES string of the molecule is Cc1cc(Nc2nc(C(C)(C)C)nc3cc4c(cc23)N2CCN(C(=O)OC(C)(C)C)[C@H](CO4)C2)ccc1Oc1ccc2c(c1)ncn2C. The van der Waals surface area contributed by atoms with Gasteiger partial charge in [-0.3, -0.25) is 4.90 Å². The summed E-state index contributed by atoms with van der Waals surface area (Å²) in [6.45, 7) is 16.3. The van der Waals surface area contributed by atoms with Gasteiger partial charge in [0.2, 0.25) is 0 Å². The van der Waals surface area contributed by atoms with Crippen LogP contribution in [0.3, 0.4) is 0 Å². The molecule has 7 rings (SSSR count). The molecule has 5 aromatic rings. The number of carbonyl (C=O) groups is 1. The zero-order chi connectivity index (χ0) is 34.0. The largest absolute Gasteiger partial charge is 0.489 e. The van der Waals surface area contributed by atoms with Crippen molar-refractivity contribution in [2.24, 2.45) is 7.05 Å². The molecule has 0 unspecified atom stereocenters. The maximum Gasteiger partial charge on any atom is 0.410 e. The van der Waals surface area contributed by atoms with Crippen LogP contribution < -0.4 is 19.7 Å². The lowest BCUT2D eigenvalue weighted by Gasteiger charge is -2.40. The first-order valence-corrected chi connectivity index (χ1v) is 16.4. The minimum absolute atomic E-state index is 0.132. The van der Waals surface area contributed by atoms with Crippen LogP contribution in [0, 0.1) is 6.92 Å². The molecule has 2 aliphatic heterocycles. The second-order valence-corrected chi connectivity index (χ2v) is 14.8. The van der Waals surface area contributed by atoms with Crippen molar-refractivity contribution < 1.29 is 19.0 Å². The summed E-state index contributed by atoms with van der Waals surface area (Å²) in [6.07, 6.45) is 1.50. The van der Waals surface area contributed by atoms with Gasteiger partial charge in [-0.2, -0.15) is 0 Å². The van der Waals surface area contributed by atoms with E-state index in [0.29, 0.717) is 26.2 Å². The lowest BCUT2D eigenvalue weighted by atomic mass is 9.95. The van der Waals surface area contributed by atoms with Crippen molar-refractivity contribution in [3.05, 3.63) is 66.2 Å². The van der Waals surface area contributed by atoms with Crippen LogP contribution in [0.15, 0.2) is 54.9 Å². The number of benzene rings is 3. The molecule has 2 aliphatic rings. The molecule has 1 N–H and O–H groups in total. The highest BCUT2D eigenvalue weighted by atomic mass is 16.6. The van der Waals surface area contributed by atoms with Crippen LogP contribution in [0.4, 0.5) is 22.0 Å². The molecule has 250 valence electrons. The third-order valence-electron chi connectivity index (χ3n) is 8.69. The van der Waals surface area contributed by atoms with E-state index in [-0.39, 0.29) is 17.6 Å².